The Morgan fingerprint density at radius 3 is 2.31 bits per heavy atom. The Kier molecular flexibility index (Phi) is 3.89. The van der Waals surface area contributed by atoms with Crippen LogP contribution in [0.3, 0.4) is 0 Å². The Labute approximate surface area is 90.2 Å². The Hall–Kier alpha value is -1.56. The zero-order valence-corrected chi connectivity index (χ0v) is 8.47. The molecule has 0 aromatic heterocycles. The third-order valence-corrected chi connectivity index (χ3v) is 1.87. The molecule has 1 N–H and O–H groups in total. The van der Waals surface area contributed by atoms with E-state index in [1.807, 2.05) is 0 Å². The smallest absolute Gasteiger partial charge is 0.457 e. The van der Waals surface area contributed by atoms with Crippen LogP contribution in [0, 0.1) is 0 Å². The Morgan fingerprint density at radius 1 is 1.31 bits per heavy atom. The molecule has 0 unspecified atom stereocenters. The minimum atomic E-state index is -4.40. The molecular formula is C10H10F3NO2. The highest BCUT2D eigenvalue weighted by molar-refractivity contribution is 5.89. The Bertz CT molecular complexity index is 359. The number of rotatable bonds is 3. The van der Waals surface area contributed by atoms with Gasteiger partial charge in [-0.05, 0) is 17.7 Å². The molecule has 1 aromatic rings. The van der Waals surface area contributed by atoms with Crippen molar-refractivity contribution in [3.63, 3.8) is 0 Å². The zero-order valence-electron chi connectivity index (χ0n) is 8.47. The monoisotopic (exact) mass is 233 g/mol. The van der Waals surface area contributed by atoms with Gasteiger partial charge in [0.25, 0.3) is 0 Å². The summed E-state index contributed by atoms with van der Waals surface area (Å²) in [6, 6.07) is 5.70. The Balaban J connectivity index is 2.62. The molecule has 3 nitrogen and oxygen atoms in total. The van der Waals surface area contributed by atoms with Gasteiger partial charge >= 0.3 is 12.3 Å². The number of hydrogen-bond donors (Lipinski definition) is 1. The number of nitrogens with one attached hydrogen (secondary N) is 1. The molecule has 0 aliphatic heterocycles. The van der Waals surface area contributed by atoms with Crippen LogP contribution in [0.4, 0.5) is 13.2 Å². The number of alkyl halides is 3. The number of carbonyl (C=O) groups is 1. The molecule has 0 saturated heterocycles. The minimum absolute atomic E-state index is 0.304. The van der Waals surface area contributed by atoms with E-state index in [-0.39, 0.29) is 6.54 Å². The van der Waals surface area contributed by atoms with Crippen molar-refractivity contribution in [3.8, 4) is 0 Å². The first-order valence-electron chi connectivity index (χ1n) is 4.41. The third-order valence-electron chi connectivity index (χ3n) is 1.87. The van der Waals surface area contributed by atoms with Gasteiger partial charge in [-0.3, -0.25) is 0 Å². The van der Waals surface area contributed by atoms with E-state index < -0.39 is 12.3 Å². The van der Waals surface area contributed by atoms with Gasteiger partial charge in [0.2, 0.25) is 0 Å². The fourth-order valence-corrected chi connectivity index (χ4v) is 1.08. The lowest BCUT2D eigenvalue weighted by atomic mass is 10.1. The topological polar surface area (TPSA) is 38.3 Å². The lowest BCUT2D eigenvalue weighted by molar-refractivity contribution is -0.158. The van der Waals surface area contributed by atoms with Gasteiger partial charge < -0.3 is 4.74 Å². The van der Waals surface area contributed by atoms with Gasteiger partial charge in [0, 0.05) is 6.54 Å². The summed E-state index contributed by atoms with van der Waals surface area (Å²) in [5.41, 5.74) is 0.739. The first kappa shape index (κ1) is 12.5. The van der Waals surface area contributed by atoms with Gasteiger partial charge in [-0.15, -0.1) is 0 Å². The van der Waals surface area contributed by atoms with Crippen molar-refractivity contribution in [2.75, 3.05) is 7.11 Å². The predicted molar refractivity (Wildman–Crippen MR) is 50.7 cm³/mol. The maximum Gasteiger partial charge on any atom is 0.457 e. The van der Waals surface area contributed by atoms with E-state index in [1.165, 1.54) is 36.7 Å². The van der Waals surface area contributed by atoms with Crippen molar-refractivity contribution in [1.82, 2.24) is 5.32 Å². The Morgan fingerprint density at radius 2 is 1.88 bits per heavy atom. The summed E-state index contributed by atoms with van der Waals surface area (Å²) >= 11 is 0. The van der Waals surface area contributed by atoms with Crippen molar-refractivity contribution in [3.05, 3.63) is 35.4 Å². The molecule has 0 saturated carbocycles. The van der Waals surface area contributed by atoms with Crippen LogP contribution in [0.2, 0.25) is 0 Å². The van der Waals surface area contributed by atoms with Crippen molar-refractivity contribution in [1.29, 1.82) is 0 Å². The highest BCUT2D eigenvalue weighted by Gasteiger charge is 2.25. The second-order valence-electron chi connectivity index (χ2n) is 3.04. The van der Waals surface area contributed by atoms with E-state index in [9.17, 15) is 18.0 Å². The number of esters is 1. The lowest BCUT2D eigenvalue weighted by Gasteiger charge is -2.08. The van der Waals surface area contributed by atoms with E-state index in [0.29, 0.717) is 11.1 Å². The molecule has 1 rings (SSSR count). The third kappa shape index (κ3) is 3.90. The van der Waals surface area contributed by atoms with Crippen LogP contribution in [0.15, 0.2) is 24.3 Å². The van der Waals surface area contributed by atoms with Gasteiger partial charge in [0.1, 0.15) is 0 Å². The summed E-state index contributed by atoms with van der Waals surface area (Å²) in [5, 5.41) is 1.38. The standard InChI is InChI=1S/C10H10F3NO2/c1-16-9(15)8-4-2-7(3-5-8)6-14-10(11,12)13/h2-5,14H,6H2,1H3. The van der Waals surface area contributed by atoms with Crippen LogP contribution in [-0.2, 0) is 11.3 Å². The summed E-state index contributed by atoms with van der Waals surface area (Å²) in [7, 11) is 1.24. The van der Waals surface area contributed by atoms with E-state index >= 15 is 0 Å². The maximum absolute atomic E-state index is 11.8. The molecule has 1 aromatic carbocycles. The van der Waals surface area contributed by atoms with E-state index in [4.69, 9.17) is 0 Å². The second-order valence-corrected chi connectivity index (χ2v) is 3.04. The molecule has 0 atom stereocenters. The molecular weight excluding hydrogens is 223 g/mol. The summed E-state index contributed by atoms with van der Waals surface area (Å²) in [5.74, 6) is -0.518. The van der Waals surface area contributed by atoms with Crippen LogP contribution < -0.4 is 5.32 Å². The lowest BCUT2D eigenvalue weighted by Crippen LogP contribution is -2.30. The van der Waals surface area contributed by atoms with Gasteiger partial charge in [-0.1, -0.05) is 12.1 Å². The minimum Gasteiger partial charge on any atom is -0.465 e. The normalized spacial score (nSPS) is 11.2. The molecule has 0 bridgehead atoms. The average molecular weight is 233 g/mol. The fourth-order valence-electron chi connectivity index (χ4n) is 1.08. The molecule has 6 heteroatoms. The van der Waals surface area contributed by atoms with Crippen LogP contribution in [-0.4, -0.2) is 19.4 Å². The van der Waals surface area contributed by atoms with E-state index in [2.05, 4.69) is 4.74 Å². The molecule has 0 heterocycles. The van der Waals surface area contributed by atoms with Crippen molar-refractivity contribution >= 4 is 5.97 Å². The highest BCUT2D eigenvalue weighted by atomic mass is 19.4. The predicted octanol–water partition coefficient (Wildman–Crippen LogP) is 2.08. The van der Waals surface area contributed by atoms with Gasteiger partial charge in [0.15, 0.2) is 0 Å². The number of hydrogen-bond acceptors (Lipinski definition) is 3. The molecule has 0 aliphatic rings. The molecule has 0 fully saturated rings. The largest absolute Gasteiger partial charge is 0.465 e. The van der Waals surface area contributed by atoms with E-state index in [1.54, 1.807) is 0 Å². The highest BCUT2D eigenvalue weighted by Crippen LogP contribution is 2.12. The van der Waals surface area contributed by atoms with Crippen molar-refractivity contribution in [2.45, 2.75) is 12.8 Å². The maximum atomic E-state index is 11.8. The summed E-state index contributed by atoms with van der Waals surface area (Å²) < 4.78 is 39.9. The second kappa shape index (κ2) is 4.98. The first-order valence-corrected chi connectivity index (χ1v) is 4.41. The number of halogens is 3. The average Bonchev–Trinajstić information content (AvgIpc) is 2.25. The SMILES string of the molecule is COC(=O)c1ccc(CNC(F)(F)F)cc1. The summed E-state index contributed by atoms with van der Waals surface area (Å²) in [6.07, 6.45) is -4.40. The summed E-state index contributed by atoms with van der Waals surface area (Å²) in [4.78, 5) is 11.0. The molecule has 88 valence electrons. The van der Waals surface area contributed by atoms with Crippen LogP contribution in [0.25, 0.3) is 0 Å². The quantitative estimate of drug-likeness (QED) is 0.641. The number of methoxy groups -OCH3 is 1. The van der Waals surface area contributed by atoms with Crippen molar-refractivity contribution in [2.24, 2.45) is 0 Å². The number of benzene rings is 1. The molecule has 0 radical (unpaired) electrons. The van der Waals surface area contributed by atoms with Gasteiger partial charge in [-0.25, -0.2) is 10.1 Å². The van der Waals surface area contributed by atoms with Crippen LogP contribution in [0.5, 0.6) is 0 Å². The fraction of sp³-hybridized carbons (Fsp3) is 0.300. The summed E-state index contributed by atoms with van der Waals surface area (Å²) in [6.45, 7) is -0.328. The number of carbonyl (C=O) groups excluding carboxylic acids is 1. The van der Waals surface area contributed by atoms with E-state index in [0.717, 1.165) is 0 Å². The molecule has 0 aliphatic carbocycles. The first-order chi connectivity index (χ1) is 7.42. The van der Waals surface area contributed by atoms with Crippen LogP contribution >= 0.6 is 0 Å². The molecule has 16 heavy (non-hydrogen) atoms. The van der Waals surface area contributed by atoms with Crippen molar-refractivity contribution < 1.29 is 22.7 Å². The van der Waals surface area contributed by atoms with Gasteiger partial charge in [-0.2, -0.15) is 13.2 Å². The molecule has 0 amide bonds. The van der Waals surface area contributed by atoms with Gasteiger partial charge in [0.05, 0.1) is 12.7 Å². The molecule has 0 spiro atoms. The number of ether oxygens (including phenoxy) is 1. The zero-order chi connectivity index (χ0) is 12.2. The van der Waals surface area contributed by atoms with Crippen LogP contribution in [0.1, 0.15) is 15.9 Å².